The van der Waals surface area contributed by atoms with Gasteiger partial charge in [-0.15, -0.1) is 0 Å². The number of carbonyl (C=O) groups excluding carboxylic acids is 1. The minimum Gasteiger partial charge on any atom is -0.351 e. The first-order valence-electron chi connectivity index (χ1n) is 9.69. The molecule has 1 N–H and O–H groups in total. The predicted octanol–water partition coefficient (Wildman–Crippen LogP) is 6.33. The van der Waals surface area contributed by atoms with Crippen molar-refractivity contribution in [2.45, 2.75) is 39.2 Å². The molecule has 0 radical (unpaired) electrons. The number of hydrogen-bond donors (Lipinski definition) is 1. The van der Waals surface area contributed by atoms with Crippen molar-refractivity contribution in [3.8, 4) is 23.0 Å². The molecule has 8 heteroatoms. The molecule has 0 saturated carbocycles. The quantitative estimate of drug-likeness (QED) is 0.413. The molecule has 3 aromatic rings. The standard InChI is InChI=1S/C23H21BrCl2N4O/c1-4-23(2,3)28-21(31)12-19-17(13-27)22(14-5-7-15(24)8-6-14)30(29-19)20-10-9-16(25)11-18(20)26/h5-11H,4,12H2,1-3H3,(H,28,31). The zero-order valence-corrected chi connectivity index (χ0v) is 20.4. The molecule has 31 heavy (non-hydrogen) atoms. The Hall–Kier alpha value is -2.33. The van der Waals surface area contributed by atoms with Crippen molar-refractivity contribution < 1.29 is 4.79 Å². The van der Waals surface area contributed by atoms with Crippen LogP contribution in [-0.2, 0) is 11.2 Å². The van der Waals surface area contributed by atoms with Gasteiger partial charge in [-0.3, -0.25) is 4.79 Å². The van der Waals surface area contributed by atoms with E-state index in [1.54, 1.807) is 22.9 Å². The molecule has 0 aliphatic rings. The van der Waals surface area contributed by atoms with Gasteiger partial charge in [-0.05, 0) is 50.6 Å². The number of nitrogens with zero attached hydrogens (tertiary/aromatic N) is 3. The Bertz CT molecular complexity index is 1160. The summed E-state index contributed by atoms with van der Waals surface area (Å²) in [5.74, 6) is -0.197. The molecule has 0 spiro atoms. The maximum atomic E-state index is 12.7. The second-order valence-electron chi connectivity index (χ2n) is 7.76. The highest BCUT2D eigenvalue weighted by Gasteiger charge is 2.25. The number of halogens is 3. The van der Waals surface area contributed by atoms with Gasteiger partial charge in [0.15, 0.2) is 0 Å². The maximum Gasteiger partial charge on any atom is 0.226 e. The van der Waals surface area contributed by atoms with E-state index >= 15 is 0 Å². The van der Waals surface area contributed by atoms with Crippen molar-refractivity contribution in [2.24, 2.45) is 0 Å². The summed E-state index contributed by atoms with van der Waals surface area (Å²) >= 11 is 15.9. The van der Waals surface area contributed by atoms with Gasteiger partial charge in [0, 0.05) is 20.6 Å². The molecule has 1 amide bonds. The van der Waals surface area contributed by atoms with E-state index in [1.807, 2.05) is 45.0 Å². The normalized spacial score (nSPS) is 11.3. The second-order valence-corrected chi connectivity index (χ2v) is 9.52. The average molecular weight is 520 g/mol. The summed E-state index contributed by atoms with van der Waals surface area (Å²) < 4.78 is 2.51. The minimum atomic E-state index is -0.347. The van der Waals surface area contributed by atoms with Gasteiger partial charge in [0.25, 0.3) is 0 Å². The molecule has 1 aromatic heterocycles. The number of rotatable bonds is 6. The van der Waals surface area contributed by atoms with Crippen molar-refractivity contribution in [2.75, 3.05) is 0 Å². The van der Waals surface area contributed by atoms with Gasteiger partial charge in [-0.1, -0.05) is 58.2 Å². The lowest BCUT2D eigenvalue weighted by molar-refractivity contribution is -0.122. The first-order chi connectivity index (χ1) is 14.6. The Kier molecular flexibility index (Phi) is 7.10. The van der Waals surface area contributed by atoms with E-state index in [1.165, 1.54) is 0 Å². The van der Waals surface area contributed by atoms with Crippen LogP contribution >= 0.6 is 39.1 Å². The molecule has 0 atom stereocenters. The van der Waals surface area contributed by atoms with E-state index in [4.69, 9.17) is 23.2 Å². The fourth-order valence-electron chi connectivity index (χ4n) is 3.07. The summed E-state index contributed by atoms with van der Waals surface area (Å²) in [5, 5.41) is 18.5. The van der Waals surface area contributed by atoms with Crippen molar-refractivity contribution >= 4 is 45.0 Å². The third kappa shape index (κ3) is 5.30. The summed E-state index contributed by atoms with van der Waals surface area (Å²) in [4.78, 5) is 12.7. The summed E-state index contributed by atoms with van der Waals surface area (Å²) in [6.07, 6.45) is 0.761. The SMILES string of the molecule is CCC(C)(C)NC(=O)Cc1nn(-c2ccc(Cl)cc2Cl)c(-c2ccc(Br)cc2)c1C#N. The smallest absolute Gasteiger partial charge is 0.226 e. The number of amides is 1. The summed E-state index contributed by atoms with van der Waals surface area (Å²) in [5.41, 5.74) is 2.28. The Morgan fingerprint density at radius 2 is 1.90 bits per heavy atom. The van der Waals surface area contributed by atoms with Gasteiger partial charge in [-0.25, -0.2) is 4.68 Å². The van der Waals surface area contributed by atoms with Gasteiger partial charge >= 0.3 is 0 Å². The monoisotopic (exact) mass is 518 g/mol. The van der Waals surface area contributed by atoms with Crippen molar-refractivity contribution in [1.82, 2.24) is 15.1 Å². The molecule has 0 bridgehead atoms. The fraction of sp³-hybridized carbons (Fsp3) is 0.261. The van der Waals surface area contributed by atoms with Crippen molar-refractivity contribution in [3.63, 3.8) is 0 Å². The first kappa shape index (κ1) is 23.3. The molecular weight excluding hydrogens is 499 g/mol. The zero-order chi connectivity index (χ0) is 22.8. The van der Waals surface area contributed by atoms with Crippen LogP contribution < -0.4 is 5.32 Å². The van der Waals surface area contributed by atoms with E-state index in [-0.39, 0.29) is 17.9 Å². The molecular formula is C23H21BrCl2N4O. The molecule has 160 valence electrons. The predicted molar refractivity (Wildman–Crippen MR) is 128 cm³/mol. The van der Waals surface area contributed by atoms with Gasteiger partial charge in [-0.2, -0.15) is 10.4 Å². The molecule has 0 saturated heterocycles. The number of aromatic nitrogens is 2. The van der Waals surface area contributed by atoms with E-state index in [0.29, 0.717) is 32.7 Å². The van der Waals surface area contributed by atoms with Crippen molar-refractivity contribution in [3.05, 3.63) is 68.2 Å². The van der Waals surface area contributed by atoms with Crippen LogP contribution in [0, 0.1) is 11.3 Å². The van der Waals surface area contributed by atoms with E-state index in [9.17, 15) is 10.1 Å². The second kappa shape index (κ2) is 9.44. The number of carbonyl (C=O) groups is 1. The Balaban J connectivity index is 2.16. The van der Waals surface area contributed by atoms with Crippen LogP contribution in [-0.4, -0.2) is 21.2 Å². The Morgan fingerprint density at radius 1 is 1.23 bits per heavy atom. The lowest BCUT2D eigenvalue weighted by atomic mass is 10.0. The van der Waals surface area contributed by atoms with Gasteiger partial charge < -0.3 is 5.32 Å². The highest BCUT2D eigenvalue weighted by Crippen LogP contribution is 2.33. The molecule has 0 fully saturated rings. The number of nitriles is 1. The van der Waals surface area contributed by atoms with Gasteiger partial charge in [0.2, 0.25) is 5.91 Å². The van der Waals surface area contributed by atoms with Crippen LogP contribution in [0.25, 0.3) is 16.9 Å². The first-order valence-corrected chi connectivity index (χ1v) is 11.2. The molecule has 0 unspecified atom stereocenters. The Labute approximate surface area is 200 Å². The summed E-state index contributed by atoms with van der Waals surface area (Å²) in [6.45, 7) is 5.91. The van der Waals surface area contributed by atoms with Crippen LogP contribution in [0.2, 0.25) is 10.0 Å². The lowest BCUT2D eigenvalue weighted by Gasteiger charge is -2.24. The third-order valence-electron chi connectivity index (χ3n) is 5.01. The number of hydrogen-bond acceptors (Lipinski definition) is 3. The largest absolute Gasteiger partial charge is 0.351 e. The van der Waals surface area contributed by atoms with Crippen LogP contribution in [0.15, 0.2) is 46.9 Å². The van der Waals surface area contributed by atoms with E-state index in [2.05, 4.69) is 32.4 Å². The topological polar surface area (TPSA) is 70.7 Å². The molecule has 0 aliphatic heterocycles. The minimum absolute atomic E-state index is 0.0198. The van der Waals surface area contributed by atoms with Gasteiger partial charge in [0.1, 0.15) is 11.6 Å². The summed E-state index contributed by atoms with van der Waals surface area (Å²) in [6, 6.07) is 14.8. The highest BCUT2D eigenvalue weighted by molar-refractivity contribution is 9.10. The number of nitrogens with one attached hydrogen (secondary N) is 1. The molecule has 2 aromatic carbocycles. The summed E-state index contributed by atoms with van der Waals surface area (Å²) in [7, 11) is 0. The average Bonchev–Trinajstić information content (AvgIpc) is 3.05. The van der Waals surface area contributed by atoms with Crippen LogP contribution in [0.4, 0.5) is 0 Å². The molecule has 1 heterocycles. The van der Waals surface area contributed by atoms with Crippen molar-refractivity contribution in [1.29, 1.82) is 5.26 Å². The van der Waals surface area contributed by atoms with Crippen LogP contribution in [0.5, 0.6) is 0 Å². The lowest BCUT2D eigenvalue weighted by Crippen LogP contribution is -2.43. The fourth-order valence-corrected chi connectivity index (χ4v) is 3.82. The molecule has 3 rings (SSSR count). The van der Waals surface area contributed by atoms with Crippen LogP contribution in [0.1, 0.15) is 38.4 Å². The van der Waals surface area contributed by atoms with E-state index in [0.717, 1.165) is 16.5 Å². The number of benzene rings is 2. The zero-order valence-electron chi connectivity index (χ0n) is 17.3. The van der Waals surface area contributed by atoms with E-state index < -0.39 is 0 Å². The molecule has 0 aliphatic carbocycles. The third-order valence-corrected chi connectivity index (χ3v) is 6.08. The Morgan fingerprint density at radius 3 is 2.48 bits per heavy atom. The van der Waals surface area contributed by atoms with Crippen LogP contribution in [0.3, 0.4) is 0 Å². The van der Waals surface area contributed by atoms with Gasteiger partial charge in [0.05, 0.1) is 28.5 Å². The maximum absolute atomic E-state index is 12.7. The highest BCUT2D eigenvalue weighted by atomic mass is 79.9. The molecule has 5 nitrogen and oxygen atoms in total.